The molecule has 0 aliphatic heterocycles. The first kappa shape index (κ1) is 10.8. The van der Waals surface area contributed by atoms with E-state index in [4.69, 9.17) is 0 Å². The van der Waals surface area contributed by atoms with E-state index in [1.807, 2.05) is 11.8 Å². The third-order valence-electron chi connectivity index (χ3n) is 2.98. The zero-order valence-corrected chi connectivity index (χ0v) is 10.1. The average molecular weight is 218 g/mol. The van der Waals surface area contributed by atoms with Crippen molar-refractivity contribution in [2.24, 2.45) is 5.92 Å². The Morgan fingerprint density at radius 1 is 1.27 bits per heavy atom. The van der Waals surface area contributed by atoms with Crippen molar-refractivity contribution < 1.29 is 0 Å². The van der Waals surface area contributed by atoms with Crippen LogP contribution in [0.15, 0.2) is 46.9 Å². The van der Waals surface area contributed by atoms with Crippen LogP contribution in [0.3, 0.4) is 0 Å². The van der Waals surface area contributed by atoms with Crippen molar-refractivity contribution in [2.45, 2.75) is 31.1 Å². The molecule has 1 atom stereocenters. The van der Waals surface area contributed by atoms with Gasteiger partial charge < -0.3 is 0 Å². The zero-order valence-electron chi connectivity index (χ0n) is 9.28. The number of hydrogen-bond donors (Lipinski definition) is 0. The number of hydrogen-bond acceptors (Lipinski definition) is 1. The van der Waals surface area contributed by atoms with Crippen LogP contribution in [-0.4, -0.2) is 5.75 Å². The van der Waals surface area contributed by atoms with Crippen LogP contribution in [0, 0.1) is 5.92 Å². The Hall–Kier alpha value is -0.690. The smallest absolute Gasteiger partial charge is 0.00720 e. The van der Waals surface area contributed by atoms with Crippen LogP contribution < -0.4 is 0 Å². The first-order chi connectivity index (χ1) is 7.34. The van der Waals surface area contributed by atoms with Crippen LogP contribution >= 0.6 is 11.8 Å². The number of thioether (sulfide) groups is 1. The van der Waals surface area contributed by atoms with Gasteiger partial charge in [0.05, 0.1) is 0 Å². The van der Waals surface area contributed by atoms with Crippen LogP contribution in [0.4, 0.5) is 0 Å². The molecule has 1 aliphatic rings. The normalized spacial score (nSPS) is 21.1. The summed E-state index contributed by atoms with van der Waals surface area (Å²) in [6.45, 7) is 2.25. The molecule has 0 amide bonds. The highest BCUT2D eigenvalue weighted by Gasteiger charge is 2.12. The Morgan fingerprint density at radius 3 is 2.73 bits per heavy atom. The fourth-order valence-electron chi connectivity index (χ4n) is 1.90. The maximum atomic E-state index is 2.42. The SMILES string of the molecule is CC1=CCC(CSc2ccccc2)CC1. The van der Waals surface area contributed by atoms with E-state index >= 15 is 0 Å². The maximum Gasteiger partial charge on any atom is 0.00720 e. The molecule has 1 unspecified atom stereocenters. The van der Waals surface area contributed by atoms with E-state index in [0.29, 0.717) is 0 Å². The molecule has 15 heavy (non-hydrogen) atoms. The van der Waals surface area contributed by atoms with Crippen LogP contribution in [0.2, 0.25) is 0 Å². The lowest BCUT2D eigenvalue weighted by Gasteiger charge is -2.19. The highest BCUT2D eigenvalue weighted by atomic mass is 32.2. The van der Waals surface area contributed by atoms with E-state index in [1.54, 1.807) is 5.57 Å². The first-order valence-electron chi connectivity index (χ1n) is 5.68. The largest absolute Gasteiger partial charge is 0.126 e. The molecule has 0 N–H and O–H groups in total. The Morgan fingerprint density at radius 2 is 2.07 bits per heavy atom. The maximum absolute atomic E-state index is 2.42. The quantitative estimate of drug-likeness (QED) is 0.531. The second kappa shape index (κ2) is 5.41. The molecule has 0 radical (unpaired) electrons. The van der Waals surface area contributed by atoms with Crippen molar-refractivity contribution in [3.05, 3.63) is 42.0 Å². The molecule has 0 bridgehead atoms. The lowest BCUT2D eigenvalue weighted by Crippen LogP contribution is -2.07. The summed E-state index contributed by atoms with van der Waals surface area (Å²) in [5.41, 5.74) is 1.58. The monoisotopic (exact) mass is 218 g/mol. The van der Waals surface area contributed by atoms with E-state index < -0.39 is 0 Å². The molecule has 1 aliphatic carbocycles. The van der Waals surface area contributed by atoms with Crippen LogP contribution in [0.1, 0.15) is 26.2 Å². The second-order valence-corrected chi connectivity index (χ2v) is 5.41. The average Bonchev–Trinajstić information content (AvgIpc) is 2.30. The van der Waals surface area contributed by atoms with Gasteiger partial charge in [0.2, 0.25) is 0 Å². The topological polar surface area (TPSA) is 0 Å². The molecule has 2 rings (SSSR count). The van der Waals surface area contributed by atoms with Gasteiger partial charge in [0.25, 0.3) is 0 Å². The van der Waals surface area contributed by atoms with Crippen molar-refractivity contribution in [2.75, 3.05) is 5.75 Å². The van der Waals surface area contributed by atoms with Crippen LogP contribution in [-0.2, 0) is 0 Å². The van der Waals surface area contributed by atoms with E-state index in [1.165, 1.54) is 29.9 Å². The molecule has 1 aromatic rings. The fourth-order valence-corrected chi connectivity index (χ4v) is 2.98. The lowest BCUT2D eigenvalue weighted by molar-refractivity contribution is 0.522. The van der Waals surface area contributed by atoms with Crippen molar-refractivity contribution in [3.63, 3.8) is 0 Å². The van der Waals surface area contributed by atoms with Gasteiger partial charge in [-0.15, -0.1) is 11.8 Å². The molecule has 1 aromatic carbocycles. The van der Waals surface area contributed by atoms with E-state index in [-0.39, 0.29) is 0 Å². The predicted molar refractivity (Wildman–Crippen MR) is 68.3 cm³/mol. The Kier molecular flexibility index (Phi) is 3.90. The standard InChI is InChI=1S/C14H18S/c1-12-7-9-13(10-8-12)11-15-14-5-3-2-4-6-14/h2-7,13H,8-11H2,1H3. The van der Waals surface area contributed by atoms with Gasteiger partial charge in [-0.25, -0.2) is 0 Å². The summed E-state index contributed by atoms with van der Waals surface area (Å²) in [6.07, 6.45) is 6.38. The highest BCUT2D eigenvalue weighted by molar-refractivity contribution is 7.99. The predicted octanol–water partition coefficient (Wildman–Crippen LogP) is 4.53. The molecule has 0 spiro atoms. The Bertz CT molecular complexity index is 326. The van der Waals surface area contributed by atoms with E-state index in [2.05, 4.69) is 43.3 Å². The molecule has 0 fully saturated rings. The summed E-state index contributed by atoms with van der Waals surface area (Å²) in [5.74, 6) is 2.16. The summed E-state index contributed by atoms with van der Waals surface area (Å²) >= 11 is 2.00. The van der Waals surface area contributed by atoms with Crippen molar-refractivity contribution in [1.82, 2.24) is 0 Å². The van der Waals surface area contributed by atoms with Crippen LogP contribution in [0.5, 0.6) is 0 Å². The molecule has 80 valence electrons. The van der Waals surface area contributed by atoms with Gasteiger partial charge in [-0.2, -0.15) is 0 Å². The second-order valence-electron chi connectivity index (χ2n) is 4.31. The summed E-state index contributed by atoms with van der Waals surface area (Å²) in [5, 5.41) is 0. The highest BCUT2D eigenvalue weighted by Crippen LogP contribution is 2.29. The Labute approximate surface area is 96.8 Å². The van der Waals surface area contributed by atoms with Crippen molar-refractivity contribution >= 4 is 11.8 Å². The number of allylic oxidation sites excluding steroid dienone is 2. The number of rotatable bonds is 3. The van der Waals surface area contributed by atoms with Gasteiger partial charge in [-0.05, 0) is 44.2 Å². The number of benzene rings is 1. The molecular formula is C14H18S. The third-order valence-corrected chi connectivity index (χ3v) is 4.22. The summed E-state index contributed by atoms with van der Waals surface area (Å²) in [7, 11) is 0. The minimum Gasteiger partial charge on any atom is -0.126 e. The molecule has 0 saturated heterocycles. The molecule has 0 saturated carbocycles. The van der Waals surface area contributed by atoms with Crippen molar-refractivity contribution in [1.29, 1.82) is 0 Å². The molecule has 0 nitrogen and oxygen atoms in total. The molecule has 0 heterocycles. The van der Waals surface area contributed by atoms with E-state index in [0.717, 1.165) is 5.92 Å². The summed E-state index contributed by atoms with van der Waals surface area (Å²) in [4.78, 5) is 1.41. The van der Waals surface area contributed by atoms with Gasteiger partial charge in [0.15, 0.2) is 0 Å². The van der Waals surface area contributed by atoms with E-state index in [9.17, 15) is 0 Å². The Balaban J connectivity index is 1.80. The van der Waals surface area contributed by atoms with Gasteiger partial charge in [0, 0.05) is 10.6 Å². The lowest BCUT2D eigenvalue weighted by atomic mass is 9.92. The van der Waals surface area contributed by atoms with Crippen molar-refractivity contribution in [3.8, 4) is 0 Å². The van der Waals surface area contributed by atoms with Crippen LogP contribution in [0.25, 0.3) is 0 Å². The van der Waals surface area contributed by atoms with Gasteiger partial charge in [-0.3, -0.25) is 0 Å². The summed E-state index contributed by atoms with van der Waals surface area (Å²) in [6, 6.07) is 10.7. The zero-order chi connectivity index (χ0) is 10.5. The molecule has 1 heteroatoms. The van der Waals surface area contributed by atoms with Gasteiger partial charge >= 0.3 is 0 Å². The van der Waals surface area contributed by atoms with Gasteiger partial charge in [-0.1, -0.05) is 29.8 Å². The van der Waals surface area contributed by atoms with Gasteiger partial charge in [0.1, 0.15) is 0 Å². The molecule has 0 aromatic heterocycles. The third kappa shape index (κ3) is 3.42. The summed E-state index contributed by atoms with van der Waals surface area (Å²) < 4.78 is 0. The minimum atomic E-state index is 0.888. The fraction of sp³-hybridized carbons (Fsp3) is 0.429. The molecular weight excluding hydrogens is 200 g/mol. The first-order valence-corrected chi connectivity index (χ1v) is 6.66. The minimum absolute atomic E-state index is 0.888.